The molecule has 1 aliphatic heterocycles. The van der Waals surface area contributed by atoms with Crippen LogP contribution in [-0.4, -0.2) is 53.1 Å². The molecule has 1 saturated carbocycles. The zero-order valence-electron chi connectivity index (χ0n) is 17.8. The lowest BCUT2D eigenvalue weighted by molar-refractivity contribution is -0.149. The maximum atomic E-state index is 13.0. The number of ether oxygens (including phenoxy) is 2. The van der Waals surface area contributed by atoms with E-state index in [2.05, 4.69) is 5.32 Å². The van der Waals surface area contributed by atoms with Crippen LogP contribution in [0.25, 0.3) is 0 Å². The molecule has 0 radical (unpaired) electrons. The summed E-state index contributed by atoms with van der Waals surface area (Å²) in [6.45, 7) is 7.24. The van der Waals surface area contributed by atoms with Gasteiger partial charge in [0.05, 0.1) is 35.7 Å². The number of benzene rings is 1. The van der Waals surface area contributed by atoms with Gasteiger partial charge < -0.3 is 14.8 Å². The molecule has 3 atom stereocenters. The number of hydrogen-bond acceptors (Lipinski definition) is 6. The largest absolute Gasteiger partial charge is 0.466 e. The van der Waals surface area contributed by atoms with Crippen molar-refractivity contribution in [1.82, 2.24) is 10.2 Å². The Bertz CT molecular complexity index is 824. The van der Waals surface area contributed by atoms with Crippen LogP contribution in [0.1, 0.15) is 67.7 Å². The van der Waals surface area contributed by atoms with Crippen LogP contribution in [0, 0.1) is 5.92 Å². The Balaban J connectivity index is 1.84. The number of esters is 1. The number of hydrogen-bond donors (Lipinski definition) is 1. The van der Waals surface area contributed by atoms with Gasteiger partial charge in [-0.3, -0.25) is 19.3 Å². The van der Waals surface area contributed by atoms with E-state index in [1.807, 2.05) is 0 Å². The normalized spacial score (nSPS) is 23.7. The highest BCUT2D eigenvalue weighted by atomic mass is 16.6. The van der Waals surface area contributed by atoms with Gasteiger partial charge in [-0.05, 0) is 59.1 Å². The molecule has 1 aromatic rings. The molecule has 8 heteroatoms. The van der Waals surface area contributed by atoms with Crippen molar-refractivity contribution in [3.05, 3.63) is 35.4 Å². The van der Waals surface area contributed by atoms with E-state index in [0.717, 1.165) is 0 Å². The number of imide groups is 1. The Morgan fingerprint density at radius 3 is 2.23 bits per heavy atom. The highest BCUT2D eigenvalue weighted by Crippen LogP contribution is 2.34. The molecule has 2 aliphatic rings. The molecular formula is C22H28N2O6. The van der Waals surface area contributed by atoms with Crippen LogP contribution in [0.5, 0.6) is 0 Å². The van der Waals surface area contributed by atoms with Gasteiger partial charge in [-0.15, -0.1) is 0 Å². The summed E-state index contributed by atoms with van der Waals surface area (Å²) in [5.41, 5.74) is 0.00156. The fourth-order valence-corrected chi connectivity index (χ4v) is 4.06. The maximum Gasteiger partial charge on any atom is 0.407 e. The highest BCUT2D eigenvalue weighted by Gasteiger charge is 2.46. The van der Waals surface area contributed by atoms with Crippen molar-refractivity contribution in [3.8, 4) is 0 Å². The first-order chi connectivity index (χ1) is 14.1. The molecular weight excluding hydrogens is 388 g/mol. The van der Waals surface area contributed by atoms with Gasteiger partial charge in [0, 0.05) is 0 Å². The Morgan fingerprint density at radius 1 is 1.10 bits per heavy atom. The lowest BCUT2D eigenvalue weighted by atomic mass is 9.81. The van der Waals surface area contributed by atoms with E-state index in [0.29, 0.717) is 24.0 Å². The summed E-state index contributed by atoms with van der Waals surface area (Å²) >= 11 is 0. The minimum absolute atomic E-state index is 0.260. The Morgan fingerprint density at radius 2 is 1.70 bits per heavy atom. The van der Waals surface area contributed by atoms with Crippen molar-refractivity contribution in [2.24, 2.45) is 5.92 Å². The van der Waals surface area contributed by atoms with Gasteiger partial charge in [0.1, 0.15) is 5.60 Å². The molecule has 1 heterocycles. The number of rotatable bonds is 4. The average molecular weight is 416 g/mol. The zero-order chi connectivity index (χ0) is 22.1. The fraction of sp³-hybridized carbons (Fsp3) is 0.545. The first-order valence-electron chi connectivity index (χ1n) is 10.3. The number of carbonyl (C=O) groups is 4. The van der Waals surface area contributed by atoms with E-state index in [-0.39, 0.29) is 30.8 Å². The van der Waals surface area contributed by atoms with Gasteiger partial charge in [0.15, 0.2) is 0 Å². The summed E-state index contributed by atoms with van der Waals surface area (Å²) in [6, 6.07) is 5.47. The van der Waals surface area contributed by atoms with Crippen molar-refractivity contribution < 1.29 is 28.7 Å². The summed E-state index contributed by atoms with van der Waals surface area (Å²) in [5, 5.41) is 2.78. The Labute approximate surface area is 175 Å². The van der Waals surface area contributed by atoms with Crippen LogP contribution in [-0.2, 0) is 14.3 Å². The van der Waals surface area contributed by atoms with E-state index >= 15 is 0 Å². The van der Waals surface area contributed by atoms with Crippen molar-refractivity contribution >= 4 is 23.9 Å². The van der Waals surface area contributed by atoms with Crippen LogP contribution in [0.2, 0.25) is 0 Å². The third-order valence-electron chi connectivity index (χ3n) is 5.29. The topological polar surface area (TPSA) is 102 Å². The minimum Gasteiger partial charge on any atom is -0.466 e. The van der Waals surface area contributed by atoms with Crippen LogP contribution < -0.4 is 5.32 Å². The van der Waals surface area contributed by atoms with Crippen molar-refractivity contribution in [3.63, 3.8) is 0 Å². The van der Waals surface area contributed by atoms with E-state index in [1.165, 1.54) is 4.90 Å². The molecule has 1 fully saturated rings. The van der Waals surface area contributed by atoms with Crippen LogP contribution in [0.3, 0.4) is 0 Å². The third-order valence-corrected chi connectivity index (χ3v) is 5.29. The lowest BCUT2D eigenvalue weighted by Gasteiger charge is -2.39. The van der Waals surface area contributed by atoms with Gasteiger partial charge >= 0.3 is 12.1 Å². The number of alkyl carbamates (subject to hydrolysis) is 1. The molecule has 30 heavy (non-hydrogen) atoms. The molecule has 0 bridgehead atoms. The summed E-state index contributed by atoms with van der Waals surface area (Å²) in [4.78, 5) is 51.8. The van der Waals surface area contributed by atoms with Gasteiger partial charge in [0.2, 0.25) is 0 Å². The summed E-state index contributed by atoms with van der Waals surface area (Å²) < 4.78 is 10.5. The first kappa shape index (κ1) is 21.8. The number of carbonyl (C=O) groups excluding carboxylic acids is 4. The second kappa shape index (κ2) is 8.45. The van der Waals surface area contributed by atoms with Crippen LogP contribution in [0.15, 0.2) is 24.3 Å². The Kier molecular flexibility index (Phi) is 6.14. The molecule has 1 aromatic carbocycles. The monoisotopic (exact) mass is 416 g/mol. The SMILES string of the molecule is CCOC(=O)[C@H]1CC[C@H](N2C(=O)c3ccccc3C2=O)[C@H](NC(=O)OC(C)(C)C)C1. The predicted octanol–water partition coefficient (Wildman–Crippen LogP) is 2.91. The molecule has 1 aliphatic carbocycles. The molecule has 0 saturated heterocycles. The molecule has 3 amide bonds. The van der Waals surface area contributed by atoms with Crippen molar-refractivity contribution in [1.29, 1.82) is 0 Å². The maximum absolute atomic E-state index is 13.0. The van der Waals surface area contributed by atoms with E-state index in [4.69, 9.17) is 9.47 Å². The summed E-state index contributed by atoms with van der Waals surface area (Å²) in [6.07, 6.45) is 0.452. The molecule has 8 nitrogen and oxygen atoms in total. The second-order valence-electron chi connectivity index (χ2n) is 8.61. The average Bonchev–Trinajstić information content (AvgIpc) is 2.91. The standard InChI is InChI=1S/C22H28N2O6/c1-5-29-20(27)13-10-11-17(16(12-13)23-21(28)30-22(2,3)4)24-18(25)14-8-6-7-9-15(14)19(24)26/h6-9,13,16-17H,5,10-12H2,1-4H3,(H,23,28)/t13-,16+,17-/m0/s1. The smallest absolute Gasteiger partial charge is 0.407 e. The van der Waals surface area contributed by atoms with E-state index < -0.39 is 29.7 Å². The number of nitrogens with one attached hydrogen (secondary N) is 1. The number of fused-ring (bicyclic) bond motifs is 1. The first-order valence-corrected chi connectivity index (χ1v) is 10.3. The Hall–Kier alpha value is -2.90. The van der Waals surface area contributed by atoms with Crippen LogP contribution >= 0.6 is 0 Å². The molecule has 0 aromatic heterocycles. The highest BCUT2D eigenvalue weighted by molar-refractivity contribution is 6.21. The summed E-state index contributed by atoms with van der Waals surface area (Å²) in [5.74, 6) is -1.53. The number of amides is 3. The minimum atomic E-state index is -0.704. The number of nitrogens with zero attached hydrogens (tertiary/aromatic N) is 1. The molecule has 0 unspecified atom stereocenters. The molecule has 1 N–H and O–H groups in total. The summed E-state index contributed by atoms with van der Waals surface area (Å²) in [7, 11) is 0. The quantitative estimate of drug-likeness (QED) is 0.598. The van der Waals surface area contributed by atoms with Gasteiger partial charge in [-0.2, -0.15) is 0 Å². The zero-order valence-corrected chi connectivity index (χ0v) is 17.8. The molecule has 0 spiro atoms. The molecule has 3 rings (SSSR count). The second-order valence-corrected chi connectivity index (χ2v) is 8.61. The van der Waals surface area contributed by atoms with E-state index in [1.54, 1.807) is 52.0 Å². The fourth-order valence-electron chi connectivity index (χ4n) is 4.06. The van der Waals surface area contributed by atoms with Crippen LogP contribution in [0.4, 0.5) is 4.79 Å². The predicted molar refractivity (Wildman–Crippen MR) is 108 cm³/mol. The van der Waals surface area contributed by atoms with E-state index in [9.17, 15) is 19.2 Å². The van der Waals surface area contributed by atoms with Gasteiger partial charge in [0.25, 0.3) is 11.8 Å². The van der Waals surface area contributed by atoms with Crippen molar-refractivity contribution in [2.45, 2.75) is 64.6 Å². The molecule has 162 valence electrons. The van der Waals surface area contributed by atoms with Crippen molar-refractivity contribution in [2.75, 3.05) is 6.61 Å². The van der Waals surface area contributed by atoms with Gasteiger partial charge in [-0.25, -0.2) is 4.79 Å². The lowest BCUT2D eigenvalue weighted by Crippen LogP contribution is -2.57. The third kappa shape index (κ3) is 4.47. The van der Waals surface area contributed by atoms with Gasteiger partial charge in [-0.1, -0.05) is 12.1 Å².